The Labute approximate surface area is 101 Å². The molecule has 0 radical (unpaired) electrons. The van der Waals surface area contributed by atoms with Crippen molar-refractivity contribution in [1.82, 2.24) is 4.90 Å². The Morgan fingerprint density at radius 2 is 2.06 bits per heavy atom. The lowest BCUT2D eigenvalue weighted by atomic mass is 9.99. The van der Waals surface area contributed by atoms with Crippen molar-refractivity contribution in [3.8, 4) is 0 Å². The lowest BCUT2D eigenvalue weighted by Gasteiger charge is -2.37. The molecule has 96 valence electrons. The minimum Gasteiger partial charge on any atom is -0.444 e. The van der Waals surface area contributed by atoms with Crippen molar-refractivity contribution < 1.29 is 19.4 Å². The van der Waals surface area contributed by atoms with E-state index < -0.39 is 23.8 Å². The van der Waals surface area contributed by atoms with Crippen LogP contribution < -0.4 is 0 Å². The van der Waals surface area contributed by atoms with Crippen LogP contribution in [0.15, 0.2) is 0 Å². The number of ketones is 1. The van der Waals surface area contributed by atoms with E-state index in [0.717, 1.165) is 6.42 Å². The van der Waals surface area contributed by atoms with Crippen molar-refractivity contribution in [3.63, 3.8) is 0 Å². The predicted molar refractivity (Wildman–Crippen MR) is 60.5 cm³/mol. The molecule has 1 amide bonds. The summed E-state index contributed by atoms with van der Waals surface area (Å²) in [6, 6.07) is -0.484. The van der Waals surface area contributed by atoms with E-state index in [-0.39, 0.29) is 18.2 Å². The SMILES string of the molecule is CC(C)(C)OC(=O)N1C2CCC1C(O)C(=O)C2. The van der Waals surface area contributed by atoms with Crippen LogP contribution >= 0.6 is 0 Å². The van der Waals surface area contributed by atoms with Gasteiger partial charge in [0.05, 0.1) is 6.04 Å². The van der Waals surface area contributed by atoms with E-state index in [0.29, 0.717) is 6.42 Å². The second-order valence-corrected chi connectivity index (χ2v) is 5.80. The van der Waals surface area contributed by atoms with Crippen molar-refractivity contribution >= 4 is 11.9 Å². The molecule has 2 aliphatic rings. The number of carbonyl (C=O) groups excluding carboxylic acids is 2. The summed E-state index contributed by atoms with van der Waals surface area (Å²) in [6.07, 6.45) is 0.235. The zero-order valence-corrected chi connectivity index (χ0v) is 10.5. The fraction of sp³-hybridized carbons (Fsp3) is 0.833. The summed E-state index contributed by atoms with van der Waals surface area (Å²) < 4.78 is 5.31. The molecule has 2 fully saturated rings. The minimum atomic E-state index is -1.04. The van der Waals surface area contributed by atoms with E-state index in [1.807, 2.05) is 0 Å². The third kappa shape index (κ3) is 2.29. The predicted octanol–water partition coefficient (Wildman–Crippen LogP) is 1.09. The van der Waals surface area contributed by atoms with Gasteiger partial charge in [-0.1, -0.05) is 0 Å². The summed E-state index contributed by atoms with van der Waals surface area (Å²) in [5.41, 5.74) is -0.553. The molecular formula is C12H19NO4. The van der Waals surface area contributed by atoms with Crippen molar-refractivity contribution in [2.24, 2.45) is 0 Å². The second-order valence-electron chi connectivity index (χ2n) is 5.80. The number of nitrogens with zero attached hydrogens (tertiary/aromatic N) is 1. The molecule has 0 aromatic heterocycles. The highest BCUT2D eigenvalue weighted by Gasteiger charge is 2.49. The van der Waals surface area contributed by atoms with Gasteiger partial charge < -0.3 is 9.84 Å². The van der Waals surface area contributed by atoms with Crippen molar-refractivity contribution in [1.29, 1.82) is 0 Å². The Morgan fingerprint density at radius 3 is 2.65 bits per heavy atom. The molecule has 3 atom stereocenters. The number of piperidine rings is 1. The van der Waals surface area contributed by atoms with Gasteiger partial charge in [0.1, 0.15) is 11.7 Å². The highest BCUT2D eigenvalue weighted by molar-refractivity contribution is 5.87. The van der Waals surface area contributed by atoms with Crippen LogP contribution in [0.3, 0.4) is 0 Å². The average Bonchev–Trinajstić information content (AvgIpc) is 2.51. The van der Waals surface area contributed by atoms with Crippen molar-refractivity contribution in [3.05, 3.63) is 0 Å². The number of aliphatic hydroxyl groups is 1. The van der Waals surface area contributed by atoms with Crippen LogP contribution in [-0.4, -0.2) is 45.7 Å². The molecule has 5 nitrogen and oxygen atoms in total. The molecule has 0 aliphatic carbocycles. The Bertz CT molecular complexity index is 347. The van der Waals surface area contributed by atoms with Gasteiger partial charge in [-0.3, -0.25) is 9.69 Å². The highest BCUT2D eigenvalue weighted by atomic mass is 16.6. The largest absolute Gasteiger partial charge is 0.444 e. The van der Waals surface area contributed by atoms with Gasteiger partial charge in [0.2, 0.25) is 0 Å². The van der Waals surface area contributed by atoms with Gasteiger partial charge in [-0.15, -0.1) is 0 Å². The van der Waals surface area contributed by atoms with Gasteiger partial charge in [0.25, 0.3) is 0 Å². The molecule has 2 aliphatic heterocycles. The first-order valence-corrected chi connectivity index (χ1v) is 6.02. The van der Waals surface area contributed by atoms with Crippen molar-refractivity contribution in [2.45, 2.75) is 63.8 Å². The number of ether oxygens (including phenoxy) is 1. The Kier molecular flexibility index (Phi) is 2.89. The molecule has 0 saturated carbocycles. The average molecular weight is 241 g/mol. The minimum absolute atomic E-state index is 0.0919. The first-order valence-electron chi connectivity index (χ1n) is 6.02. The van der Waals surface area contributed by atoms with E-state index in [9.17, 15) is 14.7 Å². The normalized spacial score (nSPS) is 32.8. The monoisotopic (exact) mass is 241 g/mol. The first kappa shape index (κ1) is 12.4. The summed E-state index contributed by atoms with van der Waals surface area (Å²) in [5.74, 6) is -0.155. The number of carbonyl (C=O) groups is 2. The standard InChI is InChI=1S/C12H19NO4/c1-12(2,3)17-11(16)13-7-4-5-8(13)10(15)9(14)6-7/h7-8,10,15H,4-6H2,1-3H3. The molecule has 5 heteroatoms. The van der Waals surface area contributed by atoms with Crippen LogP contribution in [0.5, 0.6) is 0 Å². The van der Waals surface area contributed by atoms with E-state index in [2.05, 4.69) is 0 Å². The lowest BCUT2D eigenvalue weighted by molar-refractivity contribution is -0.135. The lowest BCUT2D eigenvalue weighted by Crippen LogP contribution is -2.55. The molecule has 2 heterocycles. The molecule has 2 rings (SSSR count). The first-order chi connectivity index (χ1) is 7.79. The summed E-state index contributed by atoms with van der Waals surface area (Å²) in [4.78, 5) is 25.0. The highest BCUT2D eigenvalue weighted by Crippen LogP contribution is 2.35. The number of fused-ring (bicyclic) bond motifs is 2. The van der Waals surface area contributed by atoms with Gasteiger partial charge >= 0.3 is 6.09 Å². The third-order valence-electron chi connectivity index (χ3n) is 3.28. The Hall–Kier alpha value is -1.10. The van der Waals surface area contributed by atoms with E-state index in [4.69, 9.17) is 4.74 Å². The van der Waals surface area contributed by atoms with Crippen LogP contribution in [0.25, 0.3) is 0 Å². The molecular weight excluding hydrogens is 222 g/mol. The van der Waals surface area contributed by atoms with Gasteiger partial charge in [0, 0.05) is 12.5 Å². The maximum absolute atomic E-state index is 12.0. The topological polar surface area (TPSA) is 66.8 Å². The molecule has 17 heavy (non-hydrogen) atoms. The summed E-state index contributed by atoms with van der Waals surface area (Å²) >= 11 is 0. The van der Waals surface area contributed by atoms with E-state index in [1.54, 1.807) is 25.7 Å². The van der Waals surface area contributed by atoms with Gasteiger partial charge in [-0.05, 0) is 33.6 Å². The summed E-state index contributed by atoms with van der Waals surface area (Å²) in [5, 5.41) is 9.78. The van der Waals surface area contributed by atoms with Crippen LogP contribution in [0.1, 0.15) is 40.0 Å². The van der Waals surface area contributed by atoms with Crippen LogP contribution in [-0.2, 0) is 9.53 Å². The number of hydrogen-bond acceptors (Lipinski definition) is 4. The molecule has 2 saturated heterocycles. The van der Waals surface area contributed by atoms with Gasteiger partial charge in [-0.2, -0.15) is 0 Å². The van der Waals surface area contributed by atoms with E-state index >= 15 is 0 Å². The zero-order valence-electron chi connectivity index (χ0n) is 10.5. The smallest absolute Gasteiger partial charge is 0.410 e. The maximum atomic E-state index is 12.0. The number of hydrogen-bond donors (Lipinski definition) is 1. The molecule has 1 N–H and O–H groups in total. The van der Waals surface area contributed by atoms with Gasteiger partial charge in [-0.25, -0.2) is 4.79 Å². The fourth-order valence-corrected chi connectivity index (χ4v) is 2.59. The summed E-state index contributed by atoms with van der Waals surface area (Å²) in [6.45, 7) is 5.41. The van der Waals surface area contributed by atoms with Gasteiger partial charge in [0.15, 0.2) is 5.78 Å². The van der Waals surface area contributed by atoms with E-state index in [1.165, 1.54) is 0 Å². The quantitative estimate of drug-likeness (QED) is 0.689. The molecule has 0 aromatic rings. The molecule has 3 unspecified atom stereocenters. The molecule has 2 bridgehead atoms. The Balaban J connectivity index is 2.12. The molecule has 0 spiro atoms. The third-order valence-corrected chi connectivity index (χ3v) is 3.28. The molecule has 0 aromatic carbocycles. The van der Waals surface area contributed by atoms with Crippen LogP contribution in [0.4, 0.5) is 4.79 Å². The second kappa shape index (κ2) is 3.98. The van der Waals surface area contributed by atoms with Crippen LogP contribution in [0, 0.1) is 0 Å². The number of Topliss-reactive ketones (excluding diaryl/α,β-unsaturated/α-hetero) is 1. The summed E-state index contributed by atoms with van der Waals surface area (Å²) in [7, 11) is 0. The Morgan fingerprint density at radius 1 is 1.41 bits per heavy atom. The van der Waals surface area contributed by atoms with Crippen LogP contribution in [0.2, 0.25) is 0 Å². The number of rotatable bonds is 0. The number of aliphatic hydroxyl groups excluding tert-OH is 1. The maximum Gasteiger partial charge on any atom is 0.410 e. The fourth-order valence-electron chi connectivity index (χ4n) is 2.59. The zero-order chi connectivity index (χ0) is 12.8. The van der Waals surface area contributed by atoms with Crippen molar-refractivity contribution in [2.75, 3.05) is 0 Å². The number of amides is 1.